The number of hydrogen-bond acceptors (Lipinski definition) is 6. The molecule has 8 nitrogen and oxygen atoms in total. The maximum atomic E-state index is 12.5. The van der Waals surface area contributed by atoms with Gasteiger partial charge in [-0.25, -0.2) is 0 Å². The zero-order chi connectivity index (χ0) is 21.3. The van der Waals surface area contributed by atoms with Crippen molar-refractivity contribution in [2.75, 3.05) is 59.6 Å². The zero-order valence-corrected chi connectivity index (χ0v) is 18.1. The maximum absolute atomic E-state index is 12.5. The third kappa shape index (κ3) is 6.42. The van der Waals surface area contributed by atoms with Crippen molar-refractivity contribution in [3.63, 3.8) is 0 Å². The molecule has 3 rings (SSSR count). The van der Waals surface area contributed by atoms with Gasteiger partial charge in [0.15, 0.2) is 0 Å². The lowest BCUT2D eigenvalue weighted by atomic mass is 10.1. The Morgan fingerprint density at radius 1 is 1.30 bits per heavy atom. The van der Waals surface area contributed by atoms with Gasteiger partial charge in [0.25, 0.3) is 0 Å². The van der Waals surface area contributed by atoms with E-state index in [4.69, 9.17) is 9.47 Å². The summed E-state index contributed by atoms with van der Waals surface area (Å²) in [5.41, 5.74) is 2.17. The van der Waals surface area contributed by atoms with Gasteiger partial charge in [0.05, 0.1) is 32.8 Å². The molecule has 0 radical (unpaired) electrons. The molecular formula is C22H34N4O4. The smallest absolute Gasteiger partial charge is 0.237 e. The Hall–Kier alpha value is -2.16. The van der Waals surface area contributed by atoms with E-state index in [1.165, 1.54) is 0 Å². The molecule has 30 heavy (non-hydrogen) atoms. The van der Waals surface area contributed by atoms with E-state index in [0.29, 0.717) is 19.6 Å². The number of piperazine rings is 1. The molecule has 2 heterocycles. The fourth-order valence-corrected chi connectivity index (χ4v) is 4.05. The summed E-state index contributed by atoms with van der Waals surface area (Å²) < 4.78 is 10.7. The van der Waals surface area contributed by atoms with Crippen molar-refractivity contribution >= 4 is 11.8 Å². The van der Waals surface area contributed by atoms with Crippen LogP contribution in [0, 0.1) is 6.92 Å². The summed E-state index contributed by atoms with van der Waals surface area (Å²) >= 11 is 0. The molecule has 2 fully saturated rings. The molecule has 8 heteroatoms. The minimum absolute atomic E-state index is 0.0741. The summed E-state index contributed by atoms with van der Waals surface area (Å²) in [6.07, 6.45) is 1.08. The Balaban J connectivity index is 1.48. The number of benzene rings is 1. The van der Waals surface area contributed by atoms with Gasteiger partial charge in [0.2, 0.25) is 11.8 Å². The molecule has 0 spiro atoms. The maximum Gasteiger partial charge on any atom is 0.237 e. The van der Waals surface area contributed by atoms with Crippen molar-refractivity contribution in [1.82, 2.24) is 20.4 Å². The van der Waals surface area contributed by atoms with Gasteiger partial charge < -0.3 is 20.1 Å². The van der Waals surface area contributed by atoms with Crippen molar-refractivity contribution in [2.24, 2.45) is 0 Å². The van der Waals surface area contributed by atoms with Crippen molar-refractivity contribution in [3.05, 3.63) is 29.3 Å². The van der Waals surface area contributed by atoms with Crippen LogP contribution in [0.25, 0.3) is 0 Å². The minimum Gasteiger partial charge on any atom is -0.496 e. The first-order valence-electron chi connectivity index (χ1n) is 10.8. The lowest BCUT2D eigenvalue weighted by Gasteiger charge is -2.34. The lowest BCUT2D eigenvalue weighted by Crippen LogP contribution is -2.56. The molecule has 2 amide bonds. The SMILES string of the molecule is COc1ccc(CN2CCNC(=O)[C@@H]2CC(=O)NCCCN2CCOCC2)cc1C. The third-order valence-corrected chi connectivity index (χ3v) is 5.74. The number of carbonyl (C=O) groups is 2. The number of aryl methyl sites for hydroxylation is 1. The quantitative estimate of drug-likeness (QED) is 0.570. The Morgan fingerprint density at radius 3 is 2.83 bits per heavy atom. The normalized spacial score (nSPS) is 20.6. The van der Waals surface area contributed by atoms with Gasteiger partial charge in [-0.15, -0.1) is 0 Å². The number of methoxy groups -OCH3 is 1. The number of hydrogen-bond donors (Lipinski definition) is 2. The number of nitrogens with one attached hydrogen (secondary N) is 2. The van der Waals surface area contributed by atoms with E-state index in [9.17, 15) is 9.59 Å². The van der Waals surface area contributed by atoms with Gasteiger partial charge in [-0.05, 0) is 37.1 Å². The molecule has 0 aromatic heterocycles. The first kappa shape index (κ1) is 22.5. The fourth-order valence-electron chi connectivity index (χ4n) is 4.05. The van der Waals surface area contributed by atoms with Crippen molar-refractivity contribution in [1.29, 1.82) is 0 Å². The van der Waals surface area contributed by atoms with Crippen LogP contribution in [0.2, 0.25) is 0 Å². The number of nitrogens with zero attached hydrogens (tertiary/aromatic N) is 2. The van der Waals surface area contributed by atoms with Gasteiger partial charge in [-0.3, -0.25) is 19.4 Å². The van der Waals surface area contributed by atoms with E-state index in [0.717, 1.165) is 62.7 Å². The Bertz CT molecular complexity index is 721. The number of rotatable bonds is 9. The molecule has 1 aromatic carbocycles. The summed E-state index contributed by atoms with van der Waals surface area (Å²) in [5.74, 6) is 0.702. The number of ether oxygens (including phenoxy) is 2. The number of carbonyl (C=O) groups excluding carboxylic acids is 2. The molecule has 166 valence electrons. The van der Waals surface area contributed by atoms with Crippen molar-refractivity contribution in [2.45, 2.75) is 32.4 Å². The van der Waals surface area contributed by atoms with Crippen LogP contribution in [0.5, 0.6) is 5.75 Å². The van der Waals surface area contributed by atoms with E-state index in [1.807, 2.05) is 19.1 Å². The molecule has 2 saturated heterocycles. The summed E-state index contributed by atoms with van der Waals surface area (Å²) in [6.45, 7) is 9.03. The average molecular weight is 419 g/mol. The van der Waals surface area contributed by atoms with Crippen LogP contribution in [0.4, 0.5) is 0 Å². The van der Waals surface area contributed by atoms with Crippen LogP contribution in [0.1, 0.15) is 24.0 Å². The molecule has 2 N–H and O–H groups in total. The van der Waals surface area contributed by atoms with Crippen LogP contribution in [-0.4, -0.2) is 87.2 Å². The molecular weight excluding hydrogens is 384 g/mol. The molecule has 2 aliphatic heterocycles. The van der Waals surface area contributed by atoms with Crippen LogP contribution in [0.15, 0.2) is 18.2 Å². The van der Waals surface area contributed by atoms with Gasteiger partial charge in [0.1, 0.15) is 5.75 Å². The molecule has 0 bridgehead atoms. The van der Waals surface area contributed by atoms with Gasteiger partial charge in [-0.1, -0.05) is 12.1 Å². The average Bonchev–Trinajstić information content (AvgIpc) is 2.75. The second kappa shape index (κ2) is 11.3. The molecule has 0 saturated carbocycles. The zero-order valence-electron chi connectivity index (χ0n) is 18.1. The summed E-state index contributed by atoms with van der Waals surface area (Å²) in [7, 11) is 1.66. The standard InChI is InChI=1S/C22H34N4O4/c1-17-14-18(4-5-20(17)29-2)16-26-9-7-24-22(28)19(26)15-21(27)23-6-3-8-25-10-12-30-13-11-25/h4-5,14,19H,3,6-13,15-16H2,1-2H3,(H,23,27)(H,24,28)/t19-/m0/s1. The second-order valence-electron chi connectivity index (χ2n) is 7.94. The van der Waals surface area contributed by atoms with E-state index >= 15 is 0 Å². The predicted octanol–water partition coefficient (Wildman–Crippen LogP) is 0.533. The van der Waals surface area contributed by atoms with Gasteiger partial charge in [-0.2, -0.15) is 0 Å². The van der Waals surface area contributed by atoms with E-state index in [2.05, 4.69) is 26.5 Å². The Labute approximate surface area is 178 Å². The monoisotopic (exact) mass is 418 g/mol. The van der Waals surface area contributed by atoms with Crippen LogP contribution in [0.3, 0.4) is 0 Å². The topological polar surface area (TPSA) is 83.1 Å². The highest BCUT2D eigenvalue weighted by molar-refractivity contribution is 5.88. The fraction of sp³-hybridized carbons (Fsp3) is 0.636. The Kier molecular flexibility index (Phi) is 8.48. The largest absolute Gasteiger partial charge is 0.496 e. The summed E-state index contributed by atoms with van der Waals surface area (Å²) in [6, 6.07) is 5.60. The summed E-state index contributed by atoms with van der Waals surface area (Å²) in [4.78, 5) is 29.4. The second-order valence-corrected chi connectivity index (χ2v) is 7.94. The Morgan fingerprint density at radius 2 is 2.10 bits per heavy atom. The molecule has 1 atom stereocenters. The molecule has 1 aromatic rings. The van der Waals surface area contributed by atoms with E-state index in [1.54, 1.807) is 7.11 Å². The van der Waals surface area contributed by atoms with Crippen molar-refractivity contribution < 1.29 is 19.1 Å². The predicted molar refractivity (Wildman–Crippen MR) is 114 cm³/mol. The van der Waals surface area contributed by atoms with Crippen LogP contribution < -0.4 is 15.4 Å². The minimum atomic E-state index is -0.444. The first-order chi connectivity index (χ1) is 14.6. The number of morpholine rings is 1. The lowest BCUT2D eigenvalue weighted by molar-refractivity contribution is -0.134. The summed E-state index contributed by atoms with van der Waals surface area (Å²) in [5, 5.41) is 5.87. The number of amides is 2. The third-order valence-electron chi connectivity index (χ3n) is 5.74. The highest BCUT2D eigenvalue weighted by atomic mass is 16.5. The molecule has 2 aliphatic rings. The molecule has 0 aliphatic carbocycles. The highest BCUT2D eigenvalue weighted by Crippen LogP contribution is 2.21. The van der Waals surface area contributed by atoms with E-state index < -0.39 is 6.04 Å². The first-order valence-corrected chi connectivity index (χ1v) is 10.8. The molecule has 0 unspecified atom stereocenters. The van der Waals surface area contributed by atoms with Crippen molar-refractivity contribution in [3.8, 4) is 5.75 Å². The highest BCUT2D eigenvalue weighted by Gasteiger charge is 2.31. The van der Waals surface area contributed by atoms with E-state index in [-0.39, 0.29) is 18.2 Å². The van der Waals surface area contributed by atoms with Crippen LogP contribution >= 0.6 is 0 Å². The van der Waals surface area contributed by atoms with Gasteiger partial charge >= 0.3 is 0 Å². The van der Waals surface area contributed by atoms with Gasteiger partial charge in [0, 0.05) is 39.3 Å². The van der Waals surface area contributed by atoms with Crippen LogP contribution in [-0.2, 0) is 20.9 Å².